The Bertz CT molecular complexity index is 666. The molecule has 2 aliphatic heterocycles. The molecule has 1 fully saturated rings. The molecule has 1 aromatic carbocycles. The quantitative estimate of drug-likeness (QED) is 0.790. The standard InChI is InChI=1S/C18H23ClN2O3/c1-18(2)11-21(14-5-3-4-13(19)15(14)18)17(24)16(23)20-8-6-12(10-22)7-9-20/h3-5,12,22H,6-11H2,1-2H3. The van der Waals surface area contributed by atoms with E-state index < -0.39 is 11.8 Å². The van der Waals surface area contributed by atoms with Gasteiger partial charge in [-0.15, -0.1) is 0 Å². The second kappa shape index (κ2) is 6.37. The predicted octanol–water partition coefficient (Wildman–Crippen LogP) is 2.20. The molecule has 2 heterocycles. The summed E-state index contributed by atoms with van der Waals surface area (Å²) in [4.78, 5) is 28.6. The van der Waals surface area contributed by atoms with Crippen molar-refractivity contribution in [2.24, 2.45) is 5.92 Å². The van der Waals surface area contributed by atoms with E-state index in [1.54, 1.807) is 15.9 Å². The van der Waals surface area contributed by atoms with Crippen molar-refractivity contribution >= 4 is 29.1 Å². The summed E-state index contributed by atoms with van der Waals surface area (Å²) in [5.41, 5.74) is 1.37. The highest BCUT2D eigenvalue weighted by Gasteiger charge is 2.42. The number of fused-ring (bicyclic) bond motifs is 1. The van der Waals surface area contributed by atoms with Crippen LogP contribution in [0.3, 0.4) is 0 Å². The van der Waals surface area contributed by atoms with Crippen molar-refractivity contribution < 1.29 is 14.7 Å². The zero-order valence-electron chi connectivity index (χ0n) is 14.1. The number of carbonyl (C=O) groups excluding carboxylic acids is 2. The number of aliphatic hydroxyl groups is 1. The average Bonchev–Trinajstić information content (AvgIpc) is 2.86. The number of nitrogens with zero attached hydrogens (tertiary/aromatic N) is 2. The molecule has 2 aliphatic rings. The number of likely N-dealkylation sites (tertiary alicyclic amines) is 1. The van der Waals surface area contributed by atoms with Gasteiger partial charge >= 0.3 is 11.8 Å². The molecule has 0 aliphatic carbocycles. The molecular weight excluding hydrogens is 328 g/mol. The Morgan fingerprint density at radius 1 is 1.25 bits per heavy atom. The Morgan fingerprint density at radius 3 is 2.54 bits per heavy atom. The van der Waals surface area contributed by atoms with E-state index in [1.165, 1.54) is 0 Å². The summed E-state index contributed by atoms with van der Waals surface area (Å²) >= 11 is 6.33. The van der Waals surface area contributed by atoms with E-state index in [9.17, 15) is 14.7 Å². The summed E-state index contributed by atoms with van der Waals surface area (Å²) < 4.78 is 0. The van der Waals surface area contributed by atoms with Gasteiger partial charge in [0.1, 0.15) is 0 Å². The number of carbonyl (C=O) groups is 2. The first kappa shape index (κ1) is 17.2. The van der Waals surface area contributed by atoms with Crippen LogP contribution < -0.4 is 4.90 Å². The smallest absolute Gasteiger partial charge is 0.316 e. The molecule has 0 radical (unpaired) electrons. The van der Waals surface area contributed by atoms with Gasteiger partial charge in [-0.05, 0) is 30.9 Å². The Hall–Kier alpha value is -1.59. The summed E-state index contributed by atoms with van der Waals surface area (Å²) in [6.45, 7) is 5.70. The van der Waals surface area contributed by atoms with E-state index in [4.69, 9.17) is 11.6 Å². The zero-order chi connectivity index (χ0) is 17.5. The molecule has 5 nitrogen and oxygen atoms in total. The molecule has 0 saturated carbocycles. The number of amides is 2. The number of anilines is 1. The lowest BCUT2D eigenvalue weighted by Gasteiger charge is -2.32. The number of hydrogen-bond acceptors (Lipinski definition) is 3. The molecule has 0 unspecified atom stereocenters. The van der Waals surface area contributed by atoms with E-state index in [0.717, 1.165) is 24.1 Å². The summed E-state index contributed by atoms with van der Waals surface area (Å²) in [6, 6.07) is 5.47. The number of rotatable bonds is 1. The highest BCUT2D eigenvalue weighted by atomic mass is 35.5. The summed E-state index contributed by atoms with van der Waals surface area (Å²) in [6.07, 6.45) is 1.48. The van der Waals surface area contributed by atoms with E-state index in [2.05, 4.69) is 0 Å². The first-order valence-electron chi connectivity index (χ1n) is 8.36. The Balaban J connectivity index is 1.80. The third kappa shape index (κ3) is 2.91. The predicted molar refractivity (Wildman–Crippen MR) is 93.2 cm³/mol. The van der Waals surface area contributed by atoms with Crippen molar-refractivity contribution in [3.8, 4) is 0 Å². The highest BCUT2D eigenvalue weighted by Crippen LogP contribution is 2.44. The number of halogens is 1. The van der Waals surface area contributed by atoms with Crippen molar-refractivity contribution in [3.05, 3.63) is 28.8 Å². The van der Waals surface area contributed by atoms with Gasteiger partial charge in [-0.1, -0.05) is 31.5 Å². The monoisotopic (exact) mass is 350 g/mol. The van der Waals surface area contributed by atoms with Crippen LogP contribution in [0, 0.1) is 5.92 Å². The third-order valence-corrected chi connectivity index (χ3v) is 5.42. The van der Waals surface area contributed by atoms with E-state index in [0.29, 0.717) is 24.7 Å². The van der Waals surface area contributed by atoms with Crippen LogP contribution in [0.4, 0.5) is 5.69 Å². The molecule has 1 N–H and O–H groups in total. The van der Waals surface area contributed by atoms with Crippen LogP contribution in [0.5, 0.6) is 0 Å². The van der Waals surface area contributed by atoms with Crippen LogP contribution in [-0.4, -0.2) is 48.1 Å². The number of hydrogen-bond donors (Lipinski definition) is 1. The Labute approximate surface area is 147 Å². The second-order valence-electron chi connectivity index (χ2n) is 7.33. The van der Waals surface area contributed by atoms with E-state index in [1.807, 2.05) is 26.0 Å². The molecule has 24 heavy (non-hydrogen) atoms. The maximum absolute atomic E-state index is 12.8. The van der Waals surface area contributed by atoms with Gasteiger partial charge in [-0.2, -0.15) is 0 Å². The molecule has 1 saturated heterocycles. The minimum Gasteiger partial charge on any atom is -0.396 e. The van der Waals surface area contributed by atoms with E-state index in [-0.39, 0.29) is 17.9 Å². The first-order chi connectivity index (χ1) is 11.3. The van der Waals surface area contributed by atoms with Crippen molar-refractivity contribution in [1.82, 2.24) is 4.90 Å². The van der Waals surface area contributed by atoms with Gasteiger partial charge in [0.15, 0.2) is 0 Å². The minimum absolute atomic E-state index is 0.141. The molecule has 2 amide bonds. The topological polar surface area (TPSA) is 60.9 Å². The number of aliphatic hydroxyl groups excluding tert-OH is 1. The Kier molecular flexibility index (Phi) is 4.58. The molecule has 1 aromatic rings. The van der Waals surface area contributed by atoms with Crippen LogP contribution in [0.1, 0.15) is 32.3 Å². The molecule has 0 aromatic heterocycles. The zero-order valence-corrected chi connectivity index (χ0v) is 14.8. The van der Waals surface area contributed by atoms with Crippen LogP contribution in [0.2, 0.25) is 5.02 Å². The van der Waals surface area contributed by atoms with E-state index >= 15 is 0 Å². The third-order valence-electron chi connectivity index (χ3n) is 5.10. The van der Waals surface area contributed by atoms with Crippen LogP contribution in [0.25, 0.3) is 0 Å². The molecule has 3 rings (SSSR count). The largest absolute Gasteiger partial charge is 0.396 e. The maximum atomic E-state index is 12.8. The lowest BCUT2D eigenvalue weighted by molar-refractivity contribution is -0.145. The maximum Gasteiger partial charge on any atom is 0.316 e. The fourth-order valence-electron chi connectivity index (χ4n) is 3.72. The van der Waals surface area contributed by atoms with Crippen molar-refractivity contribution in [1.29, 1.82) is 0 Å². The molecule has 0 atom stereocenters. The van der Waals surface area contributed by atoms with Gasteiger partial charge in [0.25, 0.3) is 0 Å². The van der Waals surface area contributed by atoms with Crippen molar-refractivity contribution in [2.45, 2.75) is 32.1 Å². The SMILES string of the molecule is CC1(C)CN(C(=O)C(=O)N2CCC(CO)CC2)c2cccc(Cl)c21. The lowest BCUT2D eigenvalue weighted by atomic mass is 9.87. The van der Waals surface area contributed by atoms with Gasteiger partial charge in [-0.3, -0.25) is 9.59 Å². The number of benzene rings is 1. The highest BCUT2D eigenvalue weighted by molar-refractivity contribution is 6.41. The summed E-state index contributed by atoms with van der Waals surface area (Å²) in [5, 5.41) is 9.83. The minimum atomic E-state index is -0.494. The molecule has 0 spiro atoms. The van der Waals surface area contributed by atoms with Gasteiger partial charge in [0.05, 0.1) is 0 Å². The average molecular weight is 351 g/mol. The molecular formula is C18H23ClN2O3. The lowest BCUT2D eigenvalue weighted by Crippen LogP contribution is -2.48. The molecule has 6 heteroatoms. The second-order valence-corrected chi connectivity index (χ2v) is 7.73. The van der Waals surface area contributed by atoms with Crippen LogP contribution >= 0.6 is 11.6 Å². The summed E-state index contributed by atoms with van der Waals surface area (Å²) in [5.74, 6) is -0.726. The normalized spacial score (nSPS) is 20.2. The van der Waals surface area contributed by atoms with Gasteiger partial charge in [-0.25, -0.2) is 0 Å². The van der Waals surface area contributed by atoms with Crippen molar-refractivity contribution in [2.75, 3.05) is 31.1 Å². The van der Waals surface area contributed by atoms with Gasteiger partial charge in [0.2, 0.25) is 0 Å². The van der Waals surface area contributed by atoms with Gasteiger partial charge in [0, 0.05) is 47.9 Å². The van der Waals surface area contributed by atoms with Gasteiger partial charge < -0.3 is 14.9 Å². The first-order valence-corrected chi connectivity index (χ1v) is 8.73. The molecule has 0 bridgehead atoms. The fourth-order valence-corrected chi connectivity index (χ4v) is 4.14. The van der Waals surface area contributed by atoms with Crippen LogP contribution in [-0.2, 0) is 15.0 Å². The number of piperidine rings is 1. The molecule has 130 valence electrons. The fraction of sp³-hybridized carbons (Fsp3) is 0.556. The summed E-state index contributed by atoms with van der Waals surface area (Å²) in [7, 11) is 0. The van der Waals surface area contributed by atoms with Crippen molar-refractivity contribution in [3.63, 3.8) is 0 Å². The Morgan fingerprint density at radius 2 is 1.92 bits per heavy atom. The van der Waals surface area contributed by atoms with Crippen LogP contribution in [0.15, 0.2) is 18.2 Å².